The lowest BCUT2D eigenvalue weighted by atomic mass is 9.92. The Balaban J connectivity index is 1.58. The van der Waals surface area contributed by atoms with Crippen molar-refractivity contribution in [1.29, 1.82) is 0 Å². The Morgan fingerprint density at radius 1 is 1.16 bits per heavy atom. The Morgan fingerprint density at radius 3 is 2.70 bits per heavy atom. The first-order chi connectivity index (χ1) is 17.9. The van der Waals surface area contributed by atoms with Crippen LogP contribution in [0.5, 0.6) is 0 Å². The summed E-state index contributed by atoms with van der Waals surface area (Å²) in [7, 11) is 1.78. The van der Waals surface area contributed by atoms with Gasteiger partial charge in [0.15, 0.2) is 0 Å². The van der Waals surface area contributed by atoms with Crippen LogP contribution in [-0.2, 0) is 18.2 Å². The lowest BCUT2D eigenvalue weighted by Crippen LogP contribution is -2.28. The molecule has 1 N–H and O–H groups in total. The van der Waals surface area contributed by atoms with Crippen LogP contribution in [0.1, 0.15) is 54.0 Å². The number of pyridine rings is 2. The number of ether oxygens (including phenoxy) is 1. The van der Waals surface area contributed by atoms with Crippen molar-refractivity contribution in [3.8, 4) is 11.1 Å². The van der Waals surface area contributed by atoms with Crippen molar-refractivity contribution in [1.82, 2.24) is 19.7 Å². The molecule has 4 aromatic rings. The summed E-state index contributed by atoms with van der Waals surface area (Å²) >= 11 is 0. The SMILES string of the molecule is Cc1cc2c(N3CCCc4cc(-c5cn[nH]c5)c(C(F)F)cc43)nc(C3CCOCC3)cc2n(C)c1=O. The van der Waals surface area contributed by atoms with Gasteiger partial charge in [-0.25, -0.2) is 13.8 Å². The molecule has 9 heteroatoms. The number of H-pyrrole nitrogens is 1. The molecular formula is C28H29F2N5O2. The molecule has 6 rings (SSSR count). The van der Waals surface area contributed by atoms with Crippen LogP contribution in [0.15, 0.2) is 41.5 Å². The summed E-state index contributed by atoms with van der Waals surface area (Å²) in [6.45, 7) is 3.80. The van der Waals surface area contributed by atoms with E-state index in [2.05, 4.69) is 15.1 Å². The molecule has 5 heterocycles. The molecular weight excluding hydrogens is 476 g/mol. The lowest BCUT2D eigenvalue weighted by molar-refractivity contribution is 0.0845. The molecule has 0 unspecified atom stereocenters. The fourth-order valence-electron chi connectivity index (χ4n) is 5.72. The average molecular weight is 506 g/mol. The average Bonchev–Trinajstić information content (AvgIpc) is 3.46. The van der Waals surface area contributed by atoms with Crippen molar-refractivity contribution in [3.63, 3.8) is 0 Å². The lowest BCUT2D eigenvalue weighted by Gasteiger charge is -2.33. The van der Waals surface area contributed by atoms with Gasteiger partial charge < -0.3 is 14.2 Å². The Morgan fingerprint density at radius 2 is 1.97 bits per heavy atom. The molecule has 0 radical (unpaired) electrons. The smallest absolute Gasteiger partial charge is 0.264 e. The van der Waals surface area contributed by atoms with Crippen molar-refractivity contribution in [2.45, 2.75) is 45.0 Å². The maximum atomic E-state index is 14.3. The van der Waals surface area contributed by atoms with Crippen molar-refractivity contribution >= 4 is 22.4 Å². The van der Waals surface area contributed by atoms with E-state index in [-0.39, 0.29) is 17.0 Å². The van der Waals surface area contributed by atoms with Crippen LogP contribution in [0, 0.1) is 6.92 Å². The second kappa shape index (κ2) is 9.37. The highest BCUT2D eigenvalue weighted by Crippen LogP contribution is 2.43. The predicted molar refractivity (Wildman–Crippen MR) is 139 cm³/mol. The number of aryl methyl sites for hydroxylation is 3. The molecule has 1 saturated heterocycles. The Labute approximate surface area is 213 Å². The number of aromatic amines is 1. The topological polar surface area (TPSA) is 76.0 Å². The van der Waals surface area contributed by atoms with Gasteiger partial charge >= 0.3 is 0 Å². The minimum absolute atomic E-state index is 0.0273. The van der Waals surface area contributed by atoms with Gasteiger partial charge in [0.05, 0.1) is 11.7 Å². The van der Waals surface area contributed by atoms with Gasteiger partial charge in [-0.3, -0.25) is 9.89 Å². The normalized spacial score (nSPS) is 16.5. The van der Waals surface area contributed by atoms with Gasteiger partial charge in [-0.1, -0.05) is 0 Å². The minimum Gasteiger partial charge on any atom is -0.381 e. The number of hydrogen-bond donors (Lipinski definition) is 1. The van der Waals surface area contributed by atoms with Crippen LogP contribution in [0.3, 0.4) is 0 Å². The van der Waals surface area contributed by atoms with Gasteiger partial charge in [-0.05, 0) is 68.0 Å². The van der Waals surface area contributed by atoms with Crippen LogP contribution >= 0.6 is 0 Å². The van der Waals surface area contributed by atoms with Gasteiger partial charge in [0.25, 0.3) is 12.0 Å². The Kier molecular flexibility index (Phi) is 6.03. The summed E-state index contributed by atoms with van der Waals surface area (Å²) in [6.07, 6.45) is 3.94. The standard InChI is InChI=1S/C28H29F2N5O2/c1-16-10-22-25(34(2)28(16)36)13-23(17-5-8-37-9-6-17)33-27(22)35-7-3-4-18-11-20(19-14-31-32-15-19)21(26(29)30)12-24(18)35/h10-15,17,26H,3-9H2,1-2H3,(H,31,32). The third-order valence-corrected chi connectivity index (χ3v) is 7.71. The summed E-state index contributed by atoms with van der Waals surface area (Å²) < 4.78 is 35.9. The van der Waals surface area contributed by atoms with E-state index < -0.39 is 6.43 Å². The van der Waals surface area contributed by atoms with Gasteiger partial charge in [0, 0.05) is 72.4 Å². The number of alkyl halides is 2. The number of nitrogens with zero attached hydrogens (tertiary/aromatic N) is 4. The molecule has 0 amide bonds. The molecule has 2 aliphatic rings. The zero-order valence-electron chi connectivity index (χ0n) is 20.9. The summed E-state index contributed by atoms with van der Waals surface area (Å²) in [5, 5.41) is 7.54. The highest BCUT2D eigenvalue weighted by Gasteiger charge is 2.28. The van der Waals surface area contributed by atoms with Crippen molar-refractivity contribution in [2.75, 3.05) is 24.7 Å². The summed E-state index contributed by atoms with van der Waals surface area (Å²) in [5.74, 6) is 0.938. The second-order valence-electron chi connectivity index (χ2n) is 9.99. The monoisotopic (exact) mass is 505 g/mol. The fraction of sp³-hybridized carbons (Fsp3) is 0.393. The van der Waals surface area contributed by atoms with E-state index >= 15 is 0 Å². The fourth-order valence-corrected chi connectivity index (χ4v) is 5.72. The summed E-state index contributed by atoms with van der Waals surface area (Å²) in [5.41, 5.74) is 5.16. The maximum absolute atomic E-state index is 14.3. The number of hydrogen-bond acceptors (Lipinski definition) is 5. The zero-order chi connectivity index (χ0) is 25.7. The molecule has 7 nitrogen and oxygen atoms in total. The van der Waals surface area contributed by atoms with Gasteiger partial charge in [-0.2, -0.15) is 5.10 Å². The quantitative estimate of drug-likeness (QED) is 0.394. The predicted octanol–water partition coefficient (Wildman–Crippen LogP) is 5.55. The molecule has 192 valence electrons. The molecule has 2 aliphatic heterocycles. The summed E-state index contributed by atoms with van der Waals surface area (Å²) in [4.78, 5) is 20.1. The number of halogens is 2. The molecule has 0 spiro atoms. The summed E-state index contributed by atoms with van der Waals surface area (Å²) in [6, 6.07) is 7.40. The van der Waals surface area contributed by atoms with E-state index in [1.54, 1.807) is 37.0 Å². The number of aromatic nitrogens is 4. The van der Waals surface area contributed by atoms with E-state index in [4.69, 9.17) is 9.72 Å². The Hall–Kier alpha value is -3.59. The van der Waals surface area contributed by atoms with Crippen LogP contribution in [0.2, 0.25) is 0 Å². The highest BCUT2D eigenvalue weighted by molar-refractivity contribution is 5.93. The number of rotatable bonds is 4. The van der Waals surface area contributed by atoms with Gasteiger partial charge in [-0.15, -0.1) is 0 Å². The highest BCUT2D eigenvalue weighted by atomic mass is 19.3. The molecule has 1 aromatic carbocycles. The van der Waals surface area contributed by atoms with Crippen LogP contribution in [0.25, 0.3) is 22.0 Å². The third-order valence-electron chi connectivity index (χ3n) is 7.71. The van der Waals surface area contributed by atoms with Crippen LogP contribution in [0.4, 0.5) is 20.3 Å². The minimum atomic E-state index is -2.64. The Bertz CT molecular complexity index is 1520. The van der Waals surface area contributed by atoms with Crippen molar-refractivity contribution in [3.05, 3.63) is 69.4 Å². The molecule has 0 aliphatic carbocycles. The van der Waals surface area contributed by atoms with E-state index in [0.717, 1.165) is 59.3 Å². The van der Waals surface area contributed by atoms with E-state index in [0.29, 0.717) is 36.4 Å². The molecule has 0 atom stereocenters. The second-order valence-corrected chi connectivity index (χ2v) is 9.99. The molecule has 3 aromatic heterocycles. The van der Waals surface area contributed by atoms with Gasteiger partial charge in [0.2, 0.25) is 0 Å². The largest absolute Gasteiger partial charge is 0.381 e. The zero-order valence-corrected chi connectivity index (χ0v) is 20.9. The number of anilines is 2. The molecule has 0 bridgehead atoms. The van der Waals surface area contributed by atoms with Crippen LogP contribution < -0.4 is 10.5 Å². The number of nitrogens with one attached hydrogen (secondary N) is 1. The van der Waals surface area contributed by atoms with Crippen molar-refractivity contribution in [2.24, 2.45) is 7.05 Å². The molecule has 1 fully saturated rings. The molecule has 37 heavy (non-hydrogen) atoms. The first-order valence-electron chi connectivity index (χ1n) is 12.7. The first kappa shape index (κ1) is 23.8. The third kappa shape index (κ3) is 4.11. The molecule has 0 saturated carbocycles. The first-order valence-corrected chi connectivity index (χ1v) is 12.7. The van der Waals surface area contributed by atoms with Gasteiger partial charge in [0.1, 0.15) is 5.82 Å². The number of fused-ring (bicyclic) bond motifs is 2. The van der Waals surface area contributed by atoms with E-state index in [1.165, 1.54) is 0 Å². The maximum Gasteiger partial charge on any atom is 0.264 e. The van der Waals surface area contributed by atoms with Crippen molar-refractivity contribution < 1.29 is 13.5 Å². The van der Waals surface area contributed by atoms with Crippen LogP contribution in [-0.4, -0.2) is 39.5 Å². The van der Waals surface area contributed by atoms with E-state index in [1.807, 2.05) is 18.2 Å². The van der Waals surface area contributed by atoms with E-state index in [9.17, 15) is 13.6 Å². The number of benzene rings is 1.